The van der Waals surface area contributed by atoms with Gasteiger partial charge in [-0.05, 0) is 44.4 Å². The number of hydrogen-bond acceptors (Lipinski definition) is 3. The van der Waals surface area contributed by atoms with E-state index in [9.17, 15) is 9.59 Å². The van der Waals surface area contributed by atoms with Crippen LogP contribution in [-0.4, -0.2) is 23.9 Å². The Hall–Kier alpha value is -2.10. The number of carbonyl (C=O) groups excluding carboxylic acids is 1. The highest BCUT2D eigenvalue weighted by molar-refractivity contribution is 5.96. The molecular weight excluding hydrogens is 254 g/mol. The largest absolute Gasteiger partial charge is 0.422 e. The van der Waals surface area contributed by atoms with Crippen LogP contribution in [0.25, 0.3) is 11.0 Å². The number of likely N-dealkylation sites (tertiary alicyclic amines) is 1. The molecule has 1 saturated heterocycles. The van der Waals surface area contributed by atoms with Gasteiger partial charge in [0.1, 0.15) is 11.1 Å². The lowest BCUT2D eigenvalue weighted by atomic mass is 10.1. The SMILES string of the molecule is Cc1ccc2oc(=O)c(C(=O)N3CCCCC3)cc2c1. The molecule has 20 heavy (non-hydrogen) atoms. The van der Waals surface area contributed by atoms with E-state index in [0.29, 0.717) is 5.58 Å². The van der Waals surface area contributed by atoms with Gasteiger partial charge in [-0.25, -0.2) is 4.79 Å². The Morgan fingerprint density at radius 3 is 2.65 bits per heavy atom. The number of rotatable bonds is 1. The summed E-state index contributed by atoms with van der Waals surface area (Å²) in [5.74, 6) is -0.207. The Labute approximate surface area is 117 Å². The third-order valence-corrected chi connectivity index (χ3v) is 3.76. The Balaban J connectivity index is 2.03. The number of carbonyl (C=O) groups is 1. The molecule has 4 heteroatoms. The second kappa shape index (κ2) is 5.12. The Bertz CT molecular complexity index is 711. The van der Waals surface area contributed by atoms with Crippen LogP contribution >= 0.6 is 0 Å². The Morgan fingerprint density at radius 1 is 1.15 bits per heavy atom. The van der Waals surface area contributed by atoms with Crippen LogP contribution in [0.3, 0.4) is 0 Å². The summed E-state index contributed by atoms with van der Waals surface area (Å²) < 4.78 is 5.26. The van der Waals surface area contributed by atoms with Gasteiger partial charge in [-0.1, -0.05) is 11.6 Å². The van der Waals surface area contributed by atoms with E-state index in [0.717, 1.165) is 43.3 Å². The monoisotopic (exact) mass is 271 g/mol. The number of nitrogens with zero attached hydrogens (tertiary/aromatic N) is 1. The zero-order valence-corrected chi connectivity index (χ0v) is 11.5. The summed E-state index contributed by atoms with van der Waals surface area (Å²) in [6.07, 6.45) is 3.16. The maximum atomic E-state index is 12.4. The van der Waals surface area contributed by atoms with Gasteiger partial charge in [0.25, 0.3) is 5.91 Å². The van der Waals surface area contributed by atoms with Crippen molar-refractivity contribution in [3.8, 4) is 0 Å². The smallest absolute Gasteiger partial charge is 0.349 e. The van der Waals surface area contributed by atoms with Gasteiger partial charge in [0.15, 0.2) is 0 Å². The summed E-state index contributed by atoms with van der Waals surface area (Å²) in [6, 6.07) is 7.23. The highest BCUT2D eigenvalue weighted by Gasteiger charge is 2.22. The molecule has 0 radical (unpaired) electrons. The predicted octanol–water partition coefficient (Wildman–Crippen LogP) is 2.73. The fourth-order valence-electron chi connectivity index (χ4n) is 2.66. The second-order valence-corrected chi connectivity index (χ2v) is 5.34. The van der Waals surface area contributed by atoms with Crippen molar-refractivity contribution in [2.75, 3.05) is 13.1 Å². The lowest BCUT2D eigenvalue weighted by Crippen LogP contribution is -2.37. The number of amides is 1. The molecule has 1 amide bonds. The van der Waals surface area contributed by atoms with Crippen molar-refractivity contribution in [1.82, 2.24) is 4.90 Å². The van der Waals surface area contributed by atoms with Crippen LogP contribution in [0.5, 0.6) is 0 Å². The molecule has 1 aliphatic rings. The maximum Gasteiger partial charge on any atom is 0.349 e. The fourth-order valence-corrected chi connectivity index (χ4v) is 2.66. The van der Waals surface area contributed by atoms with Crippen LogP contribution in [0.2, 0.25) is 0 Å². The minimum atomic E-state index is -0.545. The topological polar surface area (TPSA) is 50.5 Å². The summed E-state index contributed by atoms with van der Waals surface area (Å²) in [5.41, 5.74) is 1.19. The molecular formula is C16H17NO3. The predicted molar refractivity (Wildman–Crippen MR) is 77.0 cm³/mol. The van der Waals surface area contributed by atoms with Crippen LogP contribution in [0.15, 0.2) is 33.5 Å². The van der Waals surface area contributed by atoms with Gasteiger partial charge in [-0.2, -0.15) is 0 Å². The molecule has 1 aliphatic heterocycles. The standard InChI is InChI=1S/C16H17NO3/c1-11-5-6-14-12(9-11)10-13(16(19)20-14)15(18)17-7-3-2-4-8-17/h5-6,9-10H,2-4,7-8H2,1H3. The third kappa shape index (κ3) is 2.33. The first-order valence-corrected chi connectivity index (χ1v) is 6.99. The van der Waals surface area contributed by atoms with Gasteiger partial charge >= 0.3 is 5.63 Å². The maximum absolute atomic E-state index is 12.4. The van der Waals surface area contributed by atoms with E-state index < -0.39 is 5.63 Å². The van der Waals surface area contributed by atoms with E-state index in [1.54, 1.807) is 17.0 Å². The molecule has 0 spiro atoms. The molecule has 3 rings (SSSR count). The number of fused-ring (bicyclic) bond motifs is 1. The zero-order chi connectivity index (χ0) is 14.1. The number of benzene rings is 1. The second-order valence-electron chi connectivity index (χ2n) is 5.34. The van der Waals surface area contributed by atoms with E-state index in [1.165, 1.54) is 0 Å². The molecule has 0 unspecified atom stereocenters. The van der Waals surface area contributed by atoms with Crippen LogP contribution < -0.4 is 5.63 Å². The molecule has 2 heterocycles. The molecule has 2 aromatic rings. The van der Waals surface area contributed by atoms with Gasteiger partial charge in [0, 0.05) is 18.5 Å². The summed E-state index contributed by atoms with van der Waals surface area (Å²) in [5, 5.41) is 0.796. The molecule has 1 aromatic heterocycles. The molecule has 0 bridgehead atoms. The van der Waals surface area contributed by atoms with Gasteiger partial charge in [0.2, 0.25) is 0 Å². The zero-order valence-electron chi connectivity index (χ0n) is 11.5. The number of aryl methyl sites for hydroxylation is 1. The van der Waals surface area contributed by atoms with E-state index >= 15 is 0 Å². The van der Waals surface area contributed by atoms with Gasteiger partial charge in [-0.3, -0.25) is 4.79 Å². The van der Waals surface area contributed by atoms with Crippen LogP contribution in [0, 0.1) is 6.92 Å². The molecule has 4 nitrogen and oxygen atoms in total. The quantitative estimate of drug-likeness (QED) is 0.749. The first-order chi connectivity index (χ1) is 9.65. The highest BCUT2D eigenvalue weighted by Crippen LogP contribution is 2.17. The van der Waals surface area contributed by atoms with Gasteiger partial charge in [0.05, 0.1) is 0 Å². The molecule has 1 fully saturated rings. The van der Waals surface area contributed by atoms with E-state index in [4.69, 9.17) is 4.42 Å². The average molecular weight is 271 g/mol. The third-order valence-electron chi connectivity index (χ3n) is 3.76. The van der Waals surface area contributed by atoms with Crippen molar-refractivity contribution in [3.05, 3.63) is 45.8 Å². The Morgan fingerprint density at radius 2 is 1.90 bits per heavy atom. The molecule has 0 saturated carbocycles. The minimum Gasteiger partial charge on any atom is -0.422 e. The van der Waals surface area contributed by atoms with Crippen LogP contribution in [0.1, 0.15) is 35.2 Å². The molecule has 0 atom stereocenters. The van der Waals surface area contributed by atoms with Crippen molar-refractivity contribution in [2.45, 2.75) is 26.2 Å². The van der Waals surface area contributed by atoms with Crippen molar-refractivity contribution >= 4 is 16.9 Å². The average Bonchev–Trinajstić information content (AvgIpc) is 2.47. The fraction of sp³-hybridized carbons (Fsp3) is 0.375. The first kappa shape index (κ1) is 12.9. The minimum absolute atomic E-state index is 0.144. The van der Waals surface area contributed by atoms with Crippen molar-refractivity contribution in [2.24, 2.45) is 0 Å². The van der Waals surface area contributed by atoms with E-state index in [-0.39, 0.29) is 11.5 Å². The molecule has 0 aliphatic carbocycles. The lowest BCUT2D eigenvalue weighted by molar-refractivity contribution is 0.0720. The Kier molecular flexibility index (Phi) is 3.30. The number of hydrogen-bond donors (Lipinski definition) is 0. The highest BCUT2D eigenvalue weighted by atomic mass is 16.4. The van der Waals surface area contributed by atoms with Crippen molar-refractivity contribution in [1.29, 1.82) is 0 Å². The summed E-state index contributed by atoms with van der Waals surface area (Å²) in [4.78, 5) is 26.2. The lowest BCUT2D eigenvalue weighted by Gasteiger charge is -2.26. The molecule has 0 N–H and O–H groups in total. The van der Waals surface area contributed by atoms with Gasteiger partial charge in [-0.15, -0.1) is 0 Å². The molecule has 1 aromatic carbocycles. The van der Waals surface area contributed by atoms with E-state index in [1.807, 2.05) is 19.1 Å². The van der Waals surface area contributed by atoms with Crippen molar-refractivity contribution in [3.63, 3.8) is 0 Å². The van der Waals surface area contributed by atoms with Crippen LogP contribution in [-0.2, 0) is 0 Å². The van der Waals surface area contributed by atoms with E-state index in [2.05, 4.69) is 0 Å². The summed E-state index contributed by atoms with van der Waals surface area (Å²) in [6.45, 7) is 3.42. The van der Waals surface area contributed by atoms with Crippen LogP contribution in [0.4, 0.5) is 0 Å². The summed E-state index contributed by atoms with van der Waals surface area (Å²) >= 11 is 0. The number of piperidine rings is 1. The molecule has 104 valence electrons. The van der Waals surface area contributed by atoms with Gasteiger partial charge < -0.3 is 9.32 Å². The summed E-state index contributed by atoms with van der Waals surface area (Å²) in [7, 11) is 0. The van der Waals surface area contributed by atoms with Crippen molar-refractivity contribution < 1.29 is 9.21 Å². The normalized spacial score (nSPS) is 15.6. The first-order valence-electron chi connectivity index (χ1n) is 6.99.